The van der Waals surface area contributed by atoms with Crippen LogP contribution >= 0.6 is 12.2 Å². The minimum absolute atomic E-state index is 0.125. The molecule has 3 aromatic rings. The van der Waals surface area contributed by atoms with E-state index in [2.05, 4.69) is 22.9 Å². The van der Waals surface area contributed by atoms with Crippen molar-refractivity contribution < 1.29 is 18.7 Å². The summed E-state index contributed by atoms with van der Waals surface area (Å²) in [6, 6.07) is 17.3. The molecule has 1 aromatic heterocycles. The lowest BCUT2D eigenvalue weighted by molar-refractivity contribution is 0.0946. The van der Waals surface area contributed by atoms with Gasteiger partial charge in [0.05, 0.1) is 19.4 Å². The number of nitrogens with one attached hydrogen (secondary N) is 3. The van der Waals surface area contributed by atoms with E-state index in [0.29, 0.717) is 41.5 Å². The molecule has 2 aromatic carbocycles. The molecule has 0 spiro atoms. The first-order chi connectivity index (χ1) is 15.5. The Labute approximate surface area is 192 Å². The Morgan fingerprint density at radius 1 is 1.00 bits per heavy atom. The molecule has 7 nitrogen and oxygen atoms in total. The number of unbranched alkanes of at least 4 members (excludes halogenated alkanes) is 1. The molecule has 3 N–H and O–H groups in total. The number of carbonyl (C=O) groups excluding carboxylic acids is 2. The van der Waals surface area contributed by atoms with Gasteiger partial charge < -0.3 is 19.8 Å². The molecule has 0 aliphatic carbocycles. The van der Waals surface area contributed by atoms with Gasteiger partial charge in [-0.15, -0.1) is 0 Å². The van der Waals surface area contributed by atoms with Crippen LogP contribution in [0.5, 0.6) is 5.75 Å². The van der Waals surface area contributed by atoms with Gasteiger partial charge in [0.1, 0.15) is 11.5 Å². The minimum Gasteiger partial charge on any atom is -0.494 e. The molecule has 166 valence electrons. The molecule has 0 unspecified atom stereocenters. The Kier molecular flexibility index (Phi) is 8.39. The van der Waals surface area contributed by atoms with E-state index < -0.39 is 0 Å². The Morgan fingerprint density at radius 3 is 2.53 bits per heavy atom. The number of carbonyl (C=O) groups is 2. The van der Waals surface area contributed by atoms with Gasteiger partial charge in [0.2, 0.25) is 0 Å². The zero-order chi connectivity index (χ0) is 22.8. The van der Waals surface area contributed by atoms with Gasteiger partial charge in [-0.2, -0.15) is 0 Å². The first kappa shape index (κ1) is 23.0. The molecule has 0 aliphatic heterocycles. The normalized spacial score (nSPS) is 10.3. The summed E-state index contributed by atoms with van der Waals surface area (Å²) in [4.78, 5) is 24.9. The number of anilines is 1. The average molecular weight is 452 g/mol. The Morgan fingerprint density at radius 2 is 1.78 bits per heavy atom. The van der Waals surface area contributed by atoms with Crippen molar-refractivity contribution in [3.63, 3.8) is 0 Å². The summed E-state index contributed by atoms with van der Waals surface area (Å²) in [5.41, 5.74) is 1.47. The molecule has 1 heterocycles. The number of furan rings is 1. The lowest BCUT2D eigenvalue weighted by Gasteiger charge is -2.12. The number of hydrogen-bond acceptors (Lipinski definition) is 5. The molecule has 0 bridgehead atoms. The third kappa shape index (κ3) is 6.95. The minimum atomic E-state index is -0.351. The van der Waals surface area contributed by atoms with E-state index in [1.165, 1.54) is 0 Å². The fourth-order valence-corrected chi connectivity index (χ4v) is 3.03. The largest absolute Gasteiger partial charge is 0.494 e. The summed E-state index contributed by atoms with van der Waals surface area (Å²) in [6.07, 6.45) is 3.54. The lowest BCUT2D eigenvalue weighted by Crippen LogP contribution is -2.34. The van der Waals surface area contributed by atoms with E-state index in [1.54, 1.807) is 60.9 Å². The van der Waals surface area contributed by atoms with E-state index in [0.717, 1.165) is 12.8 Å². The van der Waals surface area contributed by atoms with Gasteiger partial charge in [0, 0.05) is 16.8 Å². The van der Waals surface area contributed by atoms with E-state index in [-0.39, 0.29) is 16.9 Å². The molecule has 8 heteroatoms. The number of ether oxygens (including phenoxy) is 1. The number of thiocarbonyl (C=S) groups is 1. The van der Waals surface area contributed by atoms with Gasteiger partial charge in [-0.05, 0) is 67.2 Å². The molecule has 0 fully saturated rings. The van der Waals surface area contributed by atoms with Crippen molar-refractivity contribution in [3.8, 4) is 5.75 Å². The topological polar surface area (TPSA) is 92.6 Å². The highest BCUT2D eigenvalue weighted by molar-refractivity contribution is 7.80. The summed E-state index contributed by atoms with van der Waals surface area (Å²) in [6.45, 7) is 2.98. The summed E-state index contributed by atoms with van der Waals surface area (Å²) in [7, 11) is 0. The Bertz CT molecular complexity index is 1070. The average Bonchev–Trinajstić information content (AvgIpc) is 3.31. The molecule has 0 aliphatic rings. The van der Waals surface area contributed by atoms with Crippen molar-refractivity contribution >= 4 is 34.8 Å². The second kappa shape index (κ2) is 11.7. The van der Waals surface area contributed by atoms with Gasteiger partial charge in [0.25, 0.3) is 11.8 Å². The summed E-state index contributed by atoms with van der Waals surface area (Å²) in [5.74, 6) is 0.699. The van der Waals surface area contributed by atoms with Crippen LogP contribution in [0.2, 0.25) is 0 Å². The van der Waals surface area contributed by atoms with Crippen molar-refractivity contribution in [2.24, 2.45) is 0 Å². The van der Waals surface area contributed by atoms with E-state index >= 15 is 0 Å². The maximum absolute atomic E-state index is 12.5. The molecule has 0 saturated heterocycles. The van der Waals surface area contributed by atoms with Crippen molar-refractivity contribution in [3.05, 3.63) is 83.8 Å². The molecule has 2 amide bonds. The van der Waals surface area contributed by atoms with Crippen LogP contribution in [-0.4, -0.2) is 23.5 Å². The standard InChI is InChI=1S/C24H25N3O4S/c1-2-3-12-30-20-10-5-8-18(15-20)23(29)27-24(32)26-19-9-4-7-17(14-19)22(28)25-16-21-11-6-13-31-21/h4-11,13-15H,2-3,12,16H2,1H3,(H,25,28)(H2,26,27,29,32). The van der Waals surface area contributed by atoms with Gasteiger partial charge >= 0.3 is 0 Å². The van der Waals surface area contributed by atoms with E-state index in [1.807, 2.05) is 6.07 Å². The van der Waals surface area contributed by atoms with Crippen molar-refractivity contribution in [2.75, 3.05) is 11.9 Å². The molecule has 32 heavy (non-hydrogen) atoms. The molecule has 0 saturated carbocycles. The van der Waals surface area contributed by atoms with Crippen LogP contribution in [-0.2, 0) is 6.54 Å². The maximum atomic E-state index is 12.5. The van der Waals surface area contributed by atoms with Crippen LogP contribution in [0.4, 0.5) is 5.69 Å². The highest BCUT2D eigenvalue weighted by Gasteiger charge is 2.11. The number of rotatable bonds is 9. The van der Waals surface area contributed by atoms with Crippen molar-refractivity contribution in [1.82, 2.24) is 10.6 Å². The highest BCUT2D eigenvalue weighted by Crippen LogP contribution is 2.15. The molecule has 0 atom stereocenters. The second-order valence-corrected chi connectivity index (χ2v) is 7.39. The summed E-state index contributed by atoms with van der Waals surface area (Å²) >= 11 is 5.26. The first-order valence-corrected chi connectivity index (χ1v) is 10.7. The molecular formula is C24H25N3O4S. The maximum Gasteiger partial charge on any atom is 0.257 e. The van der Waals surface area contributed by atoms with Crippen LogP contribution in [0, 0.1) is 0 Å². The number of benzene rings is 2. The second-order valence-electron chi connectivity index (χ2n) is 6.98. The third-order valence-corrected chi connectivity index (χ3v) is 4.68. The monoisotopic (exact) mass is 451 g/mol. The zero-order valence-corrected chi connectivity index (χ0v) is 18.5. The van der Waals surface area contributed by atoms with Crippen molar-refractivity contribution in [1.29, 1.82) is 0 Å². The van der Waals surface area contributed by atoms with Gasteiger partial charge in [0.15, 0.2) is 5.11 Å². The predicted molar refractivity (Wildman–Crippen MR) is 127 cm³/mol. The highest BCUT2D eigenvalue weighted by atomic mass is 32.1. The summed E-state index contributed by atoms with van der Waals surface area (Å²) in [5, 5.41) is 8.49. The van der Waals surface area contributed by atoms with Crippen LogP contribution in [0.1, 0.15) is 46.2 Å². The lowest BCUT2D eigenvalue weighted by atomic mass is 10.2. The zero-order valence-electron chi connectivity index (χ0n) is 17.7. The Hall–Kier alpha value is -3.65. The SMILES string of the molecule is CCCCOc1cccc(C(=O)NC(=S)Nc2cccc(C(=O)NCc3ccco3)c2)c1. The van der Waals surface area contributed by atoms with Crippen molar-refractivity contribution in [2.45, 2.75) is 26.3 Å². The van der Waals surface area contributed by atoms with Crippen LogP contribution in [0.3, 0.4) is 0 Å². The van der Waals surface area contributed by atoms with Gasteiger partial charge in [-0.3, -0.25) is 14.9 Å². The number of hydrogen-bond donors (Lipinski definition) is 3. The summed E-state index contributed by atoms with van der Waals surface area (Å²) < 4.78 is 10.9. The van der Waals surface area contributed by atoms with Gasteiger partial charge in [-0.1, -0.05) is 25.5 Å². The first-order valence-electron chi connectivity index (χ1n) is 10.3. The van der Waals surface area contributed by atoms with Gasteiger partial charge in [-0.25, -0.2) is 0 Å². The quantitative estimate of drug-likeness (QED) is 0.327. The fraction of sp³-hybridized carbons (Fsp3) is 0.208. The smallest absolute Gasteiger partial charge is 0.257 e. The Balaban J connectivity index is 1.54. The molecular weight excluding hydrogens is 426 g/mol. The predicted octanol–water partition coefficient (Wildman–Crippen LogP) is 4.52. The molecule has 3 rings (SSSR count). The fourth-order valence-electron chi connectivity index (χ4n) is 2.82. The van der Waals surface area contributed by atoms with Crippen LogP contribution < -0.4 is 20.7 Å². The molecule has 0 radical (unpaired) electrons. The number of amides is 2. The van der Waals surface area contributed by atoms with Crippen LogP contribution in [0.25, 0.3) is 0 Å². The van der Waals surface area contributed by atoms with E-state index in [4.69, 9.17) is 21.4 Å². The third-order valence-electron chi connectivity index (χ3n) is 4.48. The van der Waals surface area contributed by atoms with Crippen LogP contribution in [0.15, 0.2) is 71.3 Å². The van der Waals surface area contributed by atoms with E-state index in [9.17, 15) is 9.59 Å².